The summed E-state index contributed by atoms with van der Waals surface area (Å²) in [7, 11) is 0. The molecular weight excluding hydrogens is 325 g/mol. The number of hydrogen-bond donors (Lipinski definition) is 3. The summed E-state index contributed by atoms with van der Waals surface area (Å²) in [5, 5.41) is 14.9. The molecule has 1 amide bonds. The first-order valence-corrected chi connectivity index (χ1v) is 6.84. The predicted octanol–water partition coefficient (Wildman–Crippen LogP) is 3.60. The largest absolute Gasteiger partial charge is 0.409 e. The predicted molar refractivity (Wildman–Crippen MR) is 81.8 cm³/mol. The third kappa shape index (κ3) is 3.91. The summed E-state index contributed by atoms with van der Waals surface area (Å²) in [6.45, 7) is 3.54. The Labute approximate surface area is 131 Å². The molecule has 1 unspecified atom stereocenters. The smallest absolute Gasteiger partial charge is 0.235 e. The molecule has 0 radical (unpaired) electrons. The summed E-state index contributed by atoms with van der Waals surface area (Å²) in [6.07, 6.45) is 0. The van der Waals surface area contributed by atoms with Crippen LogP contribution in [0.4, 0.5) is 5.69 Å². The molecule has 0 saturated heterocycles. The number of nitrogens with zero attached hydrogens (tertiary/aromatic N) is 1. The van der Waals surface area contributed by atoms with Crippen molar-refractivity contribution in [1.29, 1.82) is 0 Å². The van der Waals surface area contributed by atoms with Gasteiger partial charge in [0.25, 0.3) is 0 Å². The molecule has 0 fully saturated rings. The van der Waals surface area contributed by atoms with E-state index in [-0.39, 0.29) is 27.5 Å². The van der Waals surface area contributed by atoms with Crippen molar-refractivity contribution < 1.29 is 10.0 Å². The van der Waals surface area contributed by atoms with Gasteiger partial charge in [-0.2, -0.15) is 0 Å². The minimum Gasteiger partial charge on any atom is -0.409 e. The Kier molecular flexibility index (Phi) is 5.92. The number of carbonyl (C=O) groups is 1. The molecule has 1 aromatic rings. The van der Waals surface area contributed by atoms with E-state index in [0.717, 1.165) is 0 Å². The van der Waals surface area contributed by atoms with Gasteiger partial charge in [-0.15, -0.1) is 0 Å². The van der Waals surface area contributed by atoms with Crippen molar-refractivity contribution in [3.63, 3.8) is 0 Å². The van der Waals surface area contributed by atoms with Crippen LogP contribution < -0.4 is 11.1 Å². The quantitative estimate of drug-likeness (QED) is 0.339. The van der Waals surface area contributed by atoms with Crippen molar-refractivity contribution >= 4 is 52.2 Å². The van der Waals surface area contributed by atoms with Crippen LogP contribution in [0.15, 0.2) is 17.3 Å². The van der Waals surface area contributed by atoms with Crippen LogP contribution in [0, 0.1) is 11.8 Å². The average Bonchev–Trinajstić information content (AvgIpc) is 2.33. The Morgan fingerprint density at radius 1 is 1.30 bits per heavy atom. The van der Waals surface area contributed by atoms with E-state index < -0.39 is 11.8 Å². The zero-order valence-electron chi connectivity index (χ0n) is 10.8. The minimum absolute atomic E-state index is 0.171. The number of rotatable bonds is 4. The lowest BCUT2D eigenvalue weighted by atomic mass is 9.94. The number of amidine groups is 1. The maximum Gasteiger partial charge on any atom is 0.235 e. The number of hydrogen-bond acceptors (Lipinski definition) is 3. The number of anilines is 1. The van der Waals surface area contributed by atoms with Crippen LogP contribution in [0.5, 0.6) is 0 Å². The SMILES string of the molecule is CC(C)C(C(=O)Nc1c(Cl)cc(Cl)cc1Cl)C(N)=NO. The number of carbonyl (C=O) groups excluding carboxylic acids is 1. The highest BCUT2D eigenvalue weighted by molar-refractivity contribution is 6.42. The molecule has 5 nitrogen and oxygen atoms in total. The maximum absolute atomic E-state index is 12.2. The maximum atomic E-state index is 12.2. The highest BCUT2D eigenvalue weighted by Crippen LogP contribution is 2.34. The molecule has 0 aliphatic heterocycles. The second kappa shape index (κ2) is 7.02. The fraction of sp³-hybridized carbons (Fsp3) is 0.333. The Bertz CT molecular complexity index is 524. The van der Waals surface area contributed by atoms with Crippen LogP contribution in [-0.4, -0.2) is 17.0 Å². The van der Waals surface area contributed by atoms with E-state index >= 15 is 0 Å². The number of oxime groups is 1. The first-order chi connectivity index (χ1) is 9.27. The lowest BCUT2D eigenvalue weighted by molar-refractivity contribution is -0.119. The number of amides is 1. The molecule has 1 rings (SSSR count). The van der Waals surface area contributed by atoms with Gasteiger partial charge in [0.1, 0.15) is 5.92 Å². The van der Waals surface area contributed by atoms with Gasteiger partial charge in [0.2, 0.25) is 5.91 Å². The van der Waals surface area contributed by atoms with Gasteiger partial charge >= 0.3 is 0 Å². The van der Waals surface area contributed by atoms with Gasteiger partial charge in [0, 0.05) is 5.02 Å². The van der Waals surface area contributed by atoms with Crippen LogP contribution in [0.1, 0.15) is 13.8 Å². The van der Waals surface area contributed by atoms with Crippen LogP contribution in [0.2, 0.25) is 15.1 Å². The molecule has 0 bridgehead atoms. The summed E-state index contributed by atoms with van der Waals surface area (Å²) in [4.78, 5) is 12.2. The number of nitrogens with two attached hydrogens (primary N) is 1. The molecule has 0 aliphatic carbocycles. The lowest BCUT2D eigenvalue weighted by Gasteiger charge is -2.19. The van der Waals surface area contributed by atoms with E-state index in [1.54, 1.807) is 13.8 Å². The zero-order chi connectivity index (χ0) is 15.4. The molecule has 20 heavy (non-hydrogen) atoms. The molecule has 0 aliphatic rings. The first-order valence-electron chi connectivity index (χ1n) is 5.70. The van der Waals surface area contributed by atoms with Crippen molar-refractivity contribution in [1.82, 2.24) is 0 Å². The van der Waals surface area contributed by atoms with Crippen molar-refractivity contribution in [2.24, 2.45) is 22.7 Å². The third-order valence-electron chi connectivity index (χ3n) is 2.64. The fourth-order valence-electron chi connectivity index (χ4n) is 1.70. The Hall–Kier alpha value is -1.17. The van der Waals surface area contributed by atoms with E-state index in [2.05, 4.69) is 10.5 Å². The normalized spacial score (nSPS) is 13.4. The van der Waals surface area contributed by atoms with Gasteiger partial charge in [0.05, 0.1) is 15.7 Å². The van der Waals surface area contributed by atoms with Crippen molar-refractivity contribution in [2.75, 3.05) is 5.32 Å². The zero-order valence-corrected chi connectivity index (χ0v) is 13.1. The van der Waals surface area contributed by atoms with Gasteiger partial charge in [-0.3, -0.25) is 4.79 Å². The topological polar surface area (TPSA) is 87.7 Å². The third-order valence-corrected chi connectivity index (χ3v) is 3.45. The molecule has 1 aromatic carbocycles. The molecule has 8 heteroatoms. The van der Waals surface area contributed by atoms with E-state index in [1.165, 1.54) is 12.1 Å². The number of benzene rings is 1. The molecular formula is C12H14Cl3N3O2. The van der Waals surface area contributed by atoms with Gasteiger partial charge in [-0.1, -0.05) is 53.8 Å². The van der Waals surface area contributed by atoms with Crippen molar-refractivity contribution in [3.05, 3.63) is 27.2 Å². The first kappa shape index (κ1) is 16.9. The Morgan fingerprint density at radius 2 is 1.80 bits per heavy atom. The number of halogens is 3. The van der Waals surface area contributed by atoms with Crippen LogP contribution in [-0.2, 0) is 4.79 Å². The van der Waals surface area contributed by atoms with Gasteiger partial charge in [0.15, 0.2) is 5.84 Å². The standard InChI is InChI=1S/C12H14Cl3N3O2/c1-5(2)9(11(16)18-20)12(19)17-10-7(14)3-6(13)4-8(10)15/h3-5,9,20H,1-2H3,(H2,16,18)(H,17,19). The van der Waals surface area contributed by atoms with Crippen molar-refractivity contribution in [3.8, 4) is 0 Å². The van der Waals surface area contributed by atoms with Crippen LogP contribution >= 0.6 is 34.8 Å². The second-order valence-electron chi connectivity index (χ2n) is 4.48. The molecule has 0 spiro atoms. The summed E-state index contributed by atoms with van der Waals surface area (Å²) < 4.78 is 0. The monoisotopic (exact) mass is 337 g/mol. The lowest BCUT2D eigenvalue weighted by Crippen LogP contribution is -2.38. The van der Waals surface area contributed by atoms with E-state index in [1.807, 2.05) is 0 Å². The van der Waals surface area contributed by atoms with E-state index in [9.17, 15) is 4.79 Å². The molecule has 0 aromatic heterocycles. The molecule has 0 heterocycles. The average molecular weight is 339 g/mol. The summed E-state index contributed by atoms with van der Waals surface area (Å²) in [5.41, 5.74) is 5.76. The Balaban J connectivity index is 3.06. The van der Waals surface area contributed by atoms with Crippen LogP contribution in [0.25, 0.3) is 0 Å². The molecule has 1 atom stereocenters. The highest BCUT2D eigenvalue weighted by atomic mass is 35.5. The van der Waals surface area contributed by atoms with E-state index in [0.29, 0.717) is 5.02 Å². The van der Waals surface area contributed by atoms with Gasteiger partial charge in [-0.25, -0.2) is 0 Å². The fourth-order valence-corrected chi connectivity index (χ4v) is 2.61. The minimum atomic E-state index is -0.803. The molecule has 4 N–H and O–H groups in total. The number of nitrogens with one attached hydrogen (secondary N) is 1. The van der Waals surface area contributed by atoms with Gasteiger partial charge in [-0.05, 0) is 18.1 Å². The summed E-state index contributed by atoms with van der Waals surface area (Å²) >= 11 is 17.8. The summed E-state index contributed by atoms with van der Waals surface area (Å²) in [5.74, 6) is -1.63. The molecule has 110 valence electrons. The highest BCUT2D eigenvalue weighted by Gasteiger charge is 2.27. The molecule has 0 saturated carbocycles. The summed E-state index contributed by atoms with van der Waals surface area (Å²) in [6, 6.07) is 2.91. The van der Waals surface area contributed by atoms with Gasteiger partial charge < -0.3 is 16.3 Å². The van der Waals surface area contributed by atoms with Crippen LogP contribution in [0.3, 0.4) is 0 Å². The Morgan fingerprint density at radius 3 is 2.20 bits per heavy atom. The van der Waals surface area contributed by atoms with Crippen molar-refractivity contribution in [2.45, 2.75) is 13.8 Å². The van der Waals surface area contributed by atoms with E-state index in [4.69, 9.17) is 45.7 Å². The second-order valence-corrected chi connectivity index (χ2v) is 5.73.